The first-order valence-electron chi connectivity index (χ1n) is 10.2. The Kier molecular flexibility index (Phi) is 6.16. The van der Waals surface area contributed by atoms with E-state index in [4.69, 9.17) is 12.2 Å². The zero-order valence-electron chi connectivity index (χ0n) is 17.2. The average Bonchev–Trinajstić information content (AvgIpc) is 3.35. The third-order valence-electron chi connectivity index (χ3n) is 5.33. The minimum Gasteiger partial charge on any atom is -0.309 e. The molecule has 0 unspecified atom stereocenters. The molecule has 11 heteroatoms. The van der Waals surface area contributed by atoms with Gasteiger partial charge in [-0.15, -0.1) is 11.3 Å². The molecule has 7 nitrogen and oxygen atoms in total. The van der Waals surface area contributed by atoms with Crippen molar-refractivity contribution >= 4 is 68.6 Å². The smallest absolute Gasteiger partial charge is 0.260 e. The number of H-pyrrole nitrogens is 1. The number of para-hydroxylation sites is 1. The number of nitrogens with one attached hydrogen (secondary N) is 2. The van der Waals surface area contributed by atoms with Gasteiger partial charge in [0.1, 0.15) is 21.6 Å². The molecule has 2 N–H and O–H groups in total. The zero-order chi connectivity index (χ0) is 22.9. The lowest BCUT2D eigenvalue weighted by Gasteiger charge is -2.10. The molecular formula is C22H17N5O2S4. The topological polar surface area (TPSA) is 104 Å². The Hall–Kier alpha value is -2.78. The molecule has 1 amide bonds. The van der Waals surface area contributed by atoms with Crippen molar-refractivity contribution in [1.82, 2.24) is 14.5 Å². The molecule has 1 aliphatic carbocycles. The number of nitrogens with zero attached hydrogens (tertiary/aromatic N) is 3. The van der Waals surface area contributed by atoms with Crippen LogP contribution in [-0.4, -0.2) is 26.2 Å². The van der Waals surface area contributed by atoms with E-state index < -0.39 is 0 Å². The van der Waals surface area contributed by atoms with Crippen LogP contribution in [0.25, 0.3) is 15.9 Å². The summed E-state index contributed by atoms with van der Waals surface area (Å²) in [5.74, 6) is 0.0660. The summed E-state index contributed by atoms with van der Waals surface area (Å²) in [5, 5.41) is 13.4. The van der Waals surface area contributed by atoms with Crippen LogP contribution in [-0.2, 0) is 17.6 Å². The first-order valence-corrected chi connectivity index (χ1v) is 13.3. The maximum Gasteiger partial charge on any atom is 0.260 e. The number of thioether (sulfide) groups is 1. The molecule has 166 valence electrons. The van der Waals surface area contributed by atoms with Gasteiger partial charge in [0.05, 0.1) is 11.1 Å². The van der Waals surface area contributed by atoms with E-state index in [0.29, 0.717) is 25.2 Å². The van der Waals surface area contributed by atoms with Crippen molar-refractivity contribution < 1.29 is 4.79 Å². The Morgan fingerprint density at radius 2 is 2.06 bits per heavy atom. The first-order chi connectivity index (χ1) is 16.0. The van der Waals surface area contributed by atoms with Crippen molar-refractivity contribution in [3.8, 4) is 11.8 Å². The molecule has 4 aromatic rings. The van der Waals surface area contributed by atoms with Gasteiger partial charge in [-0.05, 0) is 55.6 Å². The van der Waals surface area contributed by atoms with Gasteiger partial charge < -0.3 is 10.3 Å². The van der Waals surface area contributed by atoms with Gasteiger partial charge in [-0.25, -0.2) is 4.98 Å². The Morgan fingerprint density at radius 3 is 2.85 bits per heavy atom. The predicted octanol–water partition coefficient (Wildman–Crippen LogP) is 5.05. The maximum absolute atomic E-state index is 12.8. The Morgan fingerprint density at radius 1 is 1.27 bits per heavy atom. The first kappa shape index (κ1) is 22.0. The standard InChI is InChI=1S/C22H17N5O2S4/c23-10-15-18(27(22(30)33-15)12-6-2-1-3-7-12)24-16(28)11-31-21-25-19(29)17-13-8-4-5-9-14(13)32-20(17)26-21/h1-3,6-7H,4-5,8-9,11H2,(H,24,28)(H,25,26,29). The number of nitriles is 1. The Balaban J connectivity index is 1.37. The lowest BCUT2D eigenvalue weighted by Crippen LogP contribution is -2.18. The van der Waals surface area contributed by atoms with Gasteiger partial charge in [0.15, 0.2) is 9.11 Å². The van der Waals surface area contributed by atoms with Crippen molar-refractivity contribution in [2.45, 2.75) is 30.8 Å². The van der Waals surface area contributed by atoms with Crippen LogP contribution in [0.2, 0.25) is 0 Å². The molecule has 0 saturated heterocycles. The van der Waals surface area contributed by atoms with Crippen molar-refractivity contribution in [3.05, 3.63) is 60.0 Å². The van der Waals surface area contributed by atoms with Gasteiger partial charge in [0, 0.05) is 10.6 Å². The fourth-order valence-corrected chi connectivity index (χ4v) is 7.06. The number of thiazole rings is 1. The molecule has 33 heavy (non-hydrogen) atoms. The van der Waals surface area contributed by atoms with Crippen molar-refractivity contribution in [1.29, 1.82) is 5.26 Å². The van der Waals surface area contributed by atoms with Crippen LogP contribution in [0.3, 0.4) is 0 Å². The van der Waals surface area contributed by atoms with Crippen LogP contribution in [0.5, 0.6) is 0 Å². The van der Waals surface area contributed by atoms with E-state index >= 15 is 0 Å². The highest BCUT2D eigenvalue weighted by molar-refractivity contribution is 7.99. The van der Waals surface area contributed by atoms with E-state index in [1.54, 1.807) is 15.9 Å². The normalized spacial score (nSPS) is 12.9. The Bertz CT molecular complexity index is 1520. The molecule has 3 heterocycles. The van der Waals surface area contributed by atoms with E-state index in [-0.39, 0.29) is 17.2 Å². The summed E-state index contributed by atoms with van der Waals surface area (Å²) in [6.45, 7) is 0. The van der Waals surface area contributed by atoms with Crippen LogP contribution >= 0.6 is 46.7 Å². The number of hydrogen-bond acceptors (Lipinski definition) is 8. The van der Waals surface area contributed by atoms with Crippen LogP contribution < -0.4 is 10.9 Å². The minimum atomic E-state index is -0.317. The van der Waals surface area contributed by atoms with E-state index in [1.165, 1.54) is 4.88 Å². The summed E-state index contributed by atoms with van der Waals surface area (Å²) < 4.78 is 2.16. The number of benzene rings is 1. The number of aromatic nitrogens is 3. The van der Waals surface area contributed by atoms with E-state index in [2.05, 4.69) is 21.4 Å². The molecule has 1 aliphatic rings. The van der Waals surface area contributed by atoms with Crippen LogP contribution in [0.15, 0.2) is 40.3 Å². The van der Waals surface area contributed by atoms with Gasteiger partial charge in [0.2, 0.25) is 5.91 Å². The quantitative estimate of drug-likeness (QED) is 0.221. The molecule has 0 atom stereocenters. The molecule has 0 fully saturated rings. The average molecular weight is 512 g/mol. The number of aryl methyl sites for hydroxylation is 2. The molecule has 0 saturated carbocycles. The van der Waals surface area contributed by atoms with Crippen molar-refractivity contribution in [2.75, 3.05) is 11.1 Å². The number of fused-ring (bicyclic) bond motifs is 3. The second kappa shape index (κ2) is 9.23. The van der Waals surface area contributed by atoms with Crippen molar-refractivity contribution in [3.63, 3.8) is 0 Å². The molecule has 1 aromatic carbocycles. The SMILES string of the molecule is N#Cc1sc(=S)n(-c2ccccc2)c1NC(=O)CSc1nc2sc3c(c2c(=O)[nH]1)CCCC3. The van der Waals surface area contributed by atoms with Crippen LogP contribution in [0.4, 0.5) is 5.82 Å². The molecule has 0 bridgehead atoms. The highest BCUT2D eigenvalue weighted by Crippen LogP contribution is 2.34. The summed E-state index contributed by atoms with van der Waals surface area (Å²) in [7, 11) is 0. The summed E-state index contributed by atoms with van der Waals surface area (Å²) in [4.78, 5) is 35.2. The van der Waals surface area contributed by atoms with E-state index in [0.717, 1.165) is 64.9 Å². The number of carbonyl (C=O) groups is 1. The van der Waals surface area contributed by atoms with Crippen LogP contribution in [0.1, 0.15) is 28.2 Å². The highest BCUT2D eigenvalue weighted by atomic mass is 32.2. The van der Waals surface area contributed by atoms with Gasteiger partial charge >= 0.3 is 0 Å². The second-order valence-electron chi connectivity index (χ2n) is 7.43. The highest BCUT2D eigenvalue weighted by Gasteiger charge is 2.21. The zero-order valence-corrected chi connectivity index (χ0v) is 20.5. The van der Waals surface area contributed by atoms with Crippen molar-refractivity contribution in [2.24, 2.45) is 0 Å². The number of rotatable bonds is 5. The summed E-state index contributed by atoms with van der Waals surface area (Å²) >= 11 is 9.30. The van der Waals surface area contributed by atoms with Gasteiger partial charge in [-0.3, -0.25) is 14.2 Å². The van der Waals surface area contributed by atoms with E-state index in [9.17, 15) is 14.9 Å². The molecule has 5 rings (SSSR count). The number of carbonyl (C=O) groups excluding carboxylic acids is 1. The summed E-state index contributed by atoms with van der Waals surface area (Å²) in [6.07, 6.45) is 4.15. The fourth-order valence-electron chi connectivity index (χ4n) is 3.89. The molecule has 0 aliphatic heterocycles. The Labute approximate surface area is 206 Å². The number of aromatic amines is 1. The van der Waals surface area contributed by atoms with Gasteiger partial charge in [0.25, 0.3) is 5.56 Å². The fraction of sp³-hybridized carbons (Fsp3) is 0.227. The molecule has 3 aromatic heterocycles. The maximum atomic E-state index is 12.8. The number of amides is 1. The lowest BCUT2D eigenvalue weighted by molar-refractivity contribution is -0.113. The molecular weight excluding hydrogens is 495 g/mol. The van der Waals surface area contributed by atoms with E-state index in [1.807, 2.05) is 30.3 Å². The number of hydrogen-bond donors (Lipinski definition) is 2. The summed E-state index contributed by atoms with van der Waals surface area (Å²) in [5.41, 5.74) is 1.75. The second-order valence-corrected chi connectivity index (χ2v) is 11.1. The van der Waals surface area contributed by atoms with Crippen LogP contribution in [0, 0.1) is 15.3 Å². The number of thiophene rings is 1. The summed E-state index contributed by atoms with van der Waals surface area (Å²) in [6, 6.07) is 11.4. The van der Waals surface area contributed by atoms with Gasteiger partial charge in [-0.2, -0.15) is 5.26 Å². The largest absolute Gasteiger partial charge is 0.309 e. The predicted molar refractivity (Wildman–Crippen MR) is 135 cm³/mol. The minimum absolute atomic E-state index is 0.0296. The van der Waals surface area contributed by atoms with Gasteiger partial charge in [-0.1, -0.05) is 41.3 Å². The molecule has 0 spiro atoms. The number of anilines is 1. The monoisotopic (exact) mass is 511 g/mol. The lowest BCUT2D eigenvalue weighted by atomic mass is 9.97. The molecule has 0 radical (unpaired) electrons. The third kappa shape index (κ3) is 4.27. The third-order valence-corrected chi connectivity index (χ3v) is 8.67.